The van der Waals surface area contributed by atoms with Crippen LogP contribution in [0.4, 0.5) is 5.69 Å². The van der Waals surface area contributed by atoms with Gasteiger partial charge in [0.05, 0.1) is 4.92 Å². The van der Waals surface area contributed by atoms with Gasteiger partial charge in [0.2, 0.25) is 0 Å². The molecule has 1 saturated carbocycles. The quantitative estimate of drug-likeness (QED) is 0.403. The Kier molecular flexibility index (Phi) is 4.79. The molecule has 1 heterocycles. The number of para-hydroxylation sites is 1. The van der Waals surface area contributed by atoms with Gasteiger partial charge in [-0.3, -0.25) is 15.1 Å². The summed E-state index contributed by atoms with van der Waals surface area (Å²) in [5, 5.41) is 14.4. The average Bonchev–Trinajstić information content (AvgIpc) is 2.99. The molecule has 1 saturated heterocycles. The molecule has 0 amide bonds. The summed E-state index contributed by atoms with van der Waals surface area (Å²) in [6.45, 7) is 2.54. The SMILES string of the molecule is CN=C(NCc1ccccc1[N+](=O)[O-])N1CC2CCCCC2C1. The van der Waals surface area contributed by atoms with Crippen LogP contribution in [0, 0.1) is 22.0 Å². The number of nitrogens with zero attached hydrogens (tertiary/aromatic N) is 3. The molecule has 1 aromatic carbocycles. The molecule has 2 aliphatic rings. The average molecular weight is 316 g/mol. The van der Waals surface area contributed by atoms with Gasteiger partial charge in [-0.05, 0) is 24.7 Å². The van der Waals surface area contributed by atoms with E-state index in [0.717, 1.165) is 30.9 Å². The van der Waals surface area contributed by atoms with Gasteiger partial charge in [-0.2, -0.15) is 0 Å². The molecule has 3 rings (SSSR count). The number of nitrogens with one attached hydrogen (secondary N) is 1. The first-order valence-electron chi connectivity index (χ1n) is 8.37. The van der Waals surface area contributed by atoms with Crippen LogP contribution >= 0.6 is 0 Å². The topological polar surface area (TPSA) is 70.8 Å². The number of likely N-dealkylation sites (tertiary alicyclic amines) is 1. The number of aliphatic imine (C=N–C) groups is 1. The van der Waals surface area contributed by atoms with Gasteiger partial charge < -0.3 is 10.2 Å². The highest BCUT2D eigenvalue weighted by Gasteiger charge is 2.35. The highest BCUT2D eigenvalue weighted by atomic mass is 16.6. The number of nitro benzene ring substituents is 1. The molecule has 2 fully saturated rings. The van der Waals surface area contributed by atoms with Crippen molar-refractivity contribution in [1.82, 2.24) is 10.2 Å². The van der Waals surface area contributed by atoms with E-state index in [4.69, 9.17) is 0 Å². The van der Waals surface area contributed by atoms with Gasteiger partial charge in [-0.25, -0.2) is 0 Å². The second-order valence-corrected chi connectivity index (χ2v) is 6.50. The van der Waals surface area contributed by atoms with E-state index in [1.165, 1.54) is 25.7 Å². The van der Waals surface area contributed by atoms with Crippen LogP contribution in [-0.4, -0.2) is 35.9 Å². The van der Waals surface area contributed by atoms with Crippen LogP contribution in [0.15, 0.2) is 29.3 Å². The van der Waals surface area contributed by atoms with Gasteiger partial charge in [0.25, 0.3) is 5.69 Å². The predicted octanol–water partition coefficient (Wildman–Crippen LogP) is 2.79. The molecule has 0 bridgehead atoms. The molecule has 2 unspecified atom stereocenters. The van der Waals surface area contributed by atoms with E-state index in [0.29, 0.717) is 12.1 Å². The minimum Gasteiger partial charge on any atom is -0.352 e. The first-order valence-corrected chi connectivity index (χ1v) is 8.37. The van der Waals surface area contributed by atoms with Crippen LogP contribution < -0.4 is 5.32 Å². The summed E-state index contributed by atoms with van der Waals surface area (Å²) in [5.74, 6) is 2.43. The van der Waals surface area contributed by atoms with Gasteiger partial charge in [-0.1, -0.05) is 31.0 Å². The normalized spacial score (nSPS) is 24.4. The van der Waals surface area contributed by atoms with E-state index >= 15 is 0 Å². The summed E-state index contributed by atoms with van der Waals surface area (Å²) in [7, 11) is 1.78. The Hall–Kier alpha value is -2.11. The largest absolute Gasteiger partial charge is 0.352 e. The molecule has 1 N–H and O–H groups in total. The molecule has 6 heteroatoms. The maximum absolute atomic E-state index is 11.1. The zero-order valence-corrected chi connectivity index (χ0v) is 13.6. The van der Waals surface area contributed by atoms with Crippen LogP contribution in [0.3, 0.4) is 0 Å². The van der Waals surface area contributed by atoms with Crippen molar-refractivity contribution in [2.75, 3.05) is 20.1 Å². The summed E-state index contributed by atoms with van der Waals surface area (Å²) in [6.07, 6.45) is 5.33. The summed E-state index contributed by atoms with van der Waals surface area (Å²) < 4.78 is 0. The van der Waals surface area contributed by atoms with E-state index < -0.39 is 0 Å². The Labute approximate surface area is 136 Å². The van der Waals surface area contributed by atoms with Crippen LogP contribution in [0.5, 0.6) is 0 Å². The molecule has 0 aromatic heterocycles. The number of rotatable bonds is 3. The van der Waals surface area contributed by atoms with E-state index in [-0.39, 0.29) is 10.6 Å². The monoisotopic (exact) mass is 316 g/mol. The maximum atomic E-state index is 11.1. The number of guanidine groups is 1. The molecule has 6 nitrogen and oxygen atoms in total. The highest BCUT2D eigenvalue weighted by Crippen LogP contribution is 2.36. The lowest BCUT2D eigenvalue weighted by Gasteiger charge is -2.22. The standard InChI is InChI=1S/C17H24N4O2/c1-18-17(20-11-14-7-2-3-8-15(14)12-20)19-10-13-6-4-5-9-16(13)21(22)23/h4-6,9,14-15H,2-3,7-8,10-12H2,1H3,(H,18,19). The van der Waals surface area contributed by atoms with Gasteiger partial charge in [0, 0.05) is 38.3 Å². The molecular formula is C17H24N4O2. The fraction of sp³-hybridized carbons (Fsp3) is 0.588. The third kappa shape index (κ3) is 3.46. The Morgan fingerprint density at radius 2 is 1.96 bits per heavy atom. The summed E-state index contributed by atoms with van der Waals surface area (Å²) >= 11 is 0. The summed E-state index contributed by atoms with van der Waals surface area (Å²) in [5.41, 5.74) is 0.848. The first-order chi connectivity index (χ1) is 11.2. The lowest BCUT2D eigenvalue weighted by molar-refractivity contribution is -0.385. The number of nitro groups is 1. The number of fused-ring (bicyclic) bond motifs is 1. The third-order valence-electron chi connectivity index (χ3n) is 5.11. The van der Waals surface area contributed by atoms with Gasteiger partial charge in [0.1, 0.15) is 0 Å². The Morgan fingerprint density at radius 3 is 2.57 bits per heavy atom. The summed E-state index contributed by atoms with van der Waals surface area (Å²) in [4.78, 5) is 17.5. The van der Waals surface area contributed by atoms with E-state index in [9.17, 15) is 10.1 Å². The zero-order chi connectivity index (χ0) is 16.2. The maximum Gasteiger partial charge on any atom is 0.274 e. The number of hydrogen-bond donors (Lipinski definition) is 1. The number of hydrogen-bond acceptors (Lipinski definition) is 3. The predicted molar refractivity (Wildman–Crippen MR) is 90.3 cm³/mol. The fourth-order valence-corrected chi connectivity index (χ4v) is 3.92. The minimum absolute atomic E-state index is 0.158. The van der Waals surface area contributed by atoms with Crippen LogP contribution in [0.1, 0.15) is 31.2 Å². The molecule has 1 aliphatic heterocycles. The molecular weight excluding hydrogens is 292 g/mol. The highest BCUT2D eigenvalue weighted by molar-refractivity contribution is 5.80. The van der Waals surface area contributed by atoms with Crippen molar-refractivity contribution in [2.24, 2.45) is 16.8 Å². The second-order valence-electron chi connectivity index (χ2n) is 6.50. The molecule has 1 aromatic rings. The molecule has 0 spiro atoms. The summed E-state index contributed by atoms with van der Waals surface area (Å²) in [6, 6.07) is 6.87. The second kappa shape index (κ2) is 6.98. The molecule has 23 heavy (non-hydrogen) atoms. The third-order valence-corrected chi connectivity index (χ3v) is 5.11. The molecule has 1 aliphatic carbocycles. The van der Waals surface area contributed by atoms with Crippen molar-refractivity contribution in [3.8, 4) is 0 Å². The Morgan fingerprint density at radius 1 is 1.30 bits per heavy atom. The van der Waals surface area contributed by atoms with E-state index in [1.54, 1.807) is 25.2 Å². The molecule has 0 radical (unpaired) electrons. The molecule has 2 atom stereocenters. The van der Waals surface area contributed by atoms with Crippen LogP contribution in [-0.2, 0) is 6.54 Å². The lowest BCUT2D eigenvalue weighted by atomic mass is 9.82. The Bertz CT molecular complexity index is 588. The van der Waals surface area contributed by atoms with Crippen LogP contribution in [0.25, 0.3) is 0 Å². The number of benzene rings is 1. The van der Waals surface area contributed by atoms with Gasteiger partial charge in [-0.15, -0.1) is 0 Å². The van der Waals surface area contributed by atoms with Gasteiger partial charge in [0.15, 0.2) is 5.96 Å². The van der Waals surface area contributed by atoms with Crippen molar-refractivity contribution in [3.05, 3.63) is 39.9 Å². The van der Waals surface area contributed by atoms with Crippen molar-refractivity contribution in [1.29, 1.82) is 0 Å². The lowest BCUT2D eigenvalue weighted by Crippen LogP contribution is -2.40. The Balaban J connectivity index is 1.64. The van der Waals surface area contributed by atoms with Crippen molar-refractivity contribution >= 4 is 11.6 Å². The van der Waals surface area contributed by atoms with Crippen molar-refractivity contribution < 1.29 is 4.92 Å². The van der Waals surface area contributed by atoms with Crippen molar-refractivity contribution in [3.63, 3.8) is 0 Å². The van der Waals surface area contributed by atoms with Gasteiger partial charge >= 0.3 is 0 Å². The fourth-order valence-electron chi connectivity index (χ4n) is 3.92. The minimum atomic E-state index is -0.329. The van der Waals surface area contributed by atoms with E-state index in [1.807, 2.05) is 6.07 Å². The zero-order valence-electron chi connectivity index (χ0n) is 13.6. The first kappa shape index (κ1) is 15.8. The van der Waals surface area contributed by atoms with Crippen LogP contribution in [0.2, 0.25) is 0 Å². The van der Waals surface area contributed by atoms with E-state index in [2.05, 4.69) is 15.2 Å². The molecule has 124 valence electrons. The smallest absolute Gasteiger partial charge is 0.274 e. The van der Waals surface area contributed by atoms with Crippen molar-refractivity contribution in [2.45, 2.75) is 32.2 Å².